The number of nitrogens with zero attached hydrogens (tertiary/aromatic N) is 3. The summed E-state index contributed by atoms with van der Waals surface area (Å²) in [4.78, 5) is 4.52. The number of hydrazine groups is 2. The van der Waals surface area contributed by atoms with Crippen LogP contribution in [0, 0.1) is 11.3 Å². The van der Waals surface area contributed by atoms with Gasteiger partial charge in [0, 0.05) is 29.5 Å². The topological polar surface area (TPSA) is 88.0 Å². The summed E-state index contributed by atoms with van der Waals surface area (Å²) in [5, 5.41) is 20.2. The molecule has 0 saturated heterocycles. The fourth-order valence-corrected chi connectivity index (χ4v) is 5.17. The van der Waals surface area contributed by atoms with E-state index in [9.17, 15) is 6.63 Å². The lowest BCUT2D eigenvalue weighted by Crippen LogP contribution is -2.38. The first-order chi connectivity index (χ1) is 19.5. The van der Waals surface area contributed by atoms with Crippen LogP contribution in [0.4, 0.5) is 11.4 Å². The van der Waals surface area contributed by atoms with Gasteiger partial charge in [-0.25, -0.2) is 0 Å². The number of nitriles is 1. The molecule has 0 radical (unpaired) electrons. The fraction of sp³-hybridized carbons (Fsp3) is 0.226. The number of aromatic nitrogens is 1. The molecule has 39 heavy (non-hydrogen) atoms. The molecule has 0 amide bonds. The number of hydrogen-bond acceptors (Lipinski definition) is 7. The van der Waals surface area contributed by atoms with Crippen molar-refractivity contribution >= 4 is 33.9 Å². The molecule has 2 heterocycles. The summed E-state index contributed by atoms with van der Waals surface area (Å²) >= 11 is 6.80. The van der Waals surface area contributed by atoms with Crippen LogP contribution in [0.2, 0.25) is 5.02 Å². The molecule has 1 aromatic heterocycles. The maximum atomic E-state index is 9.99. The van der Waals surface area contributed by atoms with Crippen LogP contribution in [0.25, 0.3) is 10.9 Å². The van der Waals surface area contributed by atoms with Crippen LogP contribution in [0.5, 0.6) is 0 Å². The average Bonchev–Trinajstić information content (AvgIpc) is 3.72. The number of fused-ring (bicyclic) bond motifs is 1. The number of rotatable bonds is 9. The predicted molar refractivity (Wildman–Crippen MR) is 157 cm³/mol. The van der Waals surface area contributed by atoms with Gasteiger partial charge in [-0.05, 0) is 42.5 Å². The third-order valence-corrected chi connectivity index (χ3v) is 7.39. The predicted octanol–water partition coefficient (Wildman–Crippen LogP) is 6.80. The van der Waals surface area contributed by atoms with Gasteiger partial charge < -0.3 is 16.1 Å². The molecule has 4 N–H and O–H groups in total. The Kier molecular flexibility index (Phi) is 6.63. The zero-order chi connectivity index (χ0) is 27.7. The van der Waals surface area contributed by atoms with Crippen LogP contribution in [-0.4, -0.2) is 16.0 Å². The van der Waals surface area contributed by atoms with Crippen molar-refractivity contribution in [1.82, 2.24) is 21.0 Å². The monoisotopic (exact) mass is 536 g/mol. The minimum atomic E-state index is -1.35. The number of nitrogens with one attached hydrogen (secondary N) is 4. The number of benzene rings is 3. The quantitative estimate of drug-likeness (QED) is 0.187. The summed E-state index contributed by atoms with van der Waals surface area (Å²) in [7, 11) is 0. The summed E-state index contributed by atoms with van der Waals surface area (Å²) in [6, 6.07) is 24.9. The van der Waals surface area contributed by atoms with E-state index in [0.29, 0.717) is 44.6 Å². The maximum Gasteiger partial charge on any atom is 0.103 e. The second-order valence-corrected chi connectivity index (χ2v) is 10.2. The van der Waals surface area contributed by atoms with Crippen LogP contribution in [0.15, 0.2) is 90.9 Å². The molecule has 3 aromatic carbocycles. The number of pyridine rings is 1. The van der Waals surface area contributed by atoms with Crippen molar-refractivity contribution < 1.29 is 1.37 Å². The Labute approximate surface area is 234 Å². The number of anilines is 2. The number of halogens is 1. The molecule has 0 spiro atoms. The molecule has 2 atom stereocenters. The molecule has 1 saturated carbocycles. The Morgan fingerprint density at radius 2 is 1.82 bits per heavy atom. The zero-order valence-electron chi connectivity index (χ0n) is 22.6. The smallest absolute Gasteiger partial charge is 0.103 e. The Balaban J connectivity index is 1.44. The van der Waals surface area contributed by atoms with E-state index in [1.807, 2.05) is 65.8 Å². The van der Waals surface area contributed by atoms with E-state index in [0.717, 1.165) is 30.4 Å². The lowest BCUT2D eigenvalue weighted by Gasteiger charge is -2.23. The first-order valence-corrected chi connectivity index (χ1v) is 13.6. The summed E-state index contributed by atoms with van der Waals surface area (Å²) in [6.07, 6.45) is 6.58. The molecule has 8 heteroatoms. The standard InChI is InChI=1S/C31H30ClN7/c1-2-27(20-9-5-3-6-10-20)36-29-22(17-33)18-34-31-25(29)15-23(16-26(31)32)35-30(21-11-7-4-8-12-21)28-19-39(38-37-28)24-13-14-24/h3-12,15-16,18-19,24,27,30,35,37-38H,2,13-14H2,1H3,(H,34,36)/t27-,30?/m1/s1/i30D. The van der Waals surface area contributed by atoms with Crippen LogP contribution in [-0.2, 0) is 0 Å². The van der Waals surface area contributed by atoms with Gasteiger partial charge in [0.2, 0.25) is 0 Å². The summed E-state index contributed by atoms with van der Waals surface area (Å²) in [6.45, 7) is 2.11. The van der Waals surface area contributed by atoms with E-state index in [1.54, 1.807) is 12.3 Å². The highest BCUT2D eigenvalue weighted by Gasteiger charge is 2.32. The highest BCUT2D eigenvalue weighted by atomic mass is 35.5. The average molecular weight is 537 g/mol. The molecule has 7 nitrogen and oxygen atoms in total. The first-order valence-electron chi connectivity index (χ1n) is 13.7. The van der Waals surface area contributed by atoms with Crippen LogP contribution in [0.3, 0.4) is 0 Å². The highest BCUT2D eigenvalue weighted by molar-refractivity contribution is 6.35. The second-order valence-electron chi connectivity index (χ2n) is 9.81. The van der Waals surface area contributed by atoms with Crippen molar-refractivity contribution in [2.45, 2.75) is 44.3 Å². The molecular weight excluding hydrogens is 506 g/mol. The molecule has 196 valence electrons. The zero-order valence-corrected chi connectivity index (χ0v) is 22.3. The van der Waals surface area contributed by atoms with Gasteiger partial charge in [0.1, 0.15) is 6.07 Å². The van der Waals surface area contributed by atoms with Gasteiger partial charge in [0.05, 0.1) is 40.9 Å². The van der Waals surface area contributed by atoms with E-state index in [1.165, 1.54) is 0 Å². The summed E-state index contributed by atoms with van der Waals surface area (Å²) in [5.41, 5.74) is 11.3. The largest absolute Gasteiger partial charge is 0.377 e. The molecule has 4 aromatic rings. The molecule has 1 unspecified atom stereocenters. The van der Waals surface area contributed by atoms with Gasteiger partial charge in [-0.3, -0.25) is 9.99 Å². The molecule has 2 aliphatic rings. The first kappa shape index (κ1) is 23.8. The molecule has 6 rings (SSSR count). The number of hydrogen-bond donors (Lipinski definition) is 4. The molecule has 1 aliphatic carbocycles. The Morgan fingerprint density at radius 3 is 2.49 bits per heavy atom. The Morgan fingerprint density at radius 1 is 1.10 bits per heavy atom. The Bertz CT molecular complexity index is 1600. The van der Waals surface area contributed by atoms with Gasteiger partial charge >= 0.3 is 0 Å². The van der Waals surface area contributed by atoms with E-state index in [-0.39, 0.29) is 6.04 Å². The van der Waals surface area contributed by atoms with E-state index in [2.05, 4.69) is 51.7 Å². The van der Waals surface area contributed by atoms with Gasteiger partial charge in [0.15, 0.2) is 0 Å². The minimum Gasteiger partial charge on any atom is -0.377 e. The van der Waals surface area contributed by atoms with Crippen LogP contribution in [0.1, 0.15) is 56.3 Å². The summed E-state index contributed by atoms with van der Waals surface area (Å²) < 4.78 is 9.68. The minimum absolute atomic E-state index is 0.0128. The van der Waals surface area contributed by atoms with Gasteiger partial charge in [-0.15, -0.1) is 5.53 Å². The van der Waals surface area contributed by atoms with Crippen LogP contribution < -0.4 is 21.6 Å². The second kappa shape index (κ2) is 10.9. The van der Waals surface area contributed by atoms with Gasteiger partial charge in [0.25, 0.3) is 0 Å². The third-order valence-electron chi connectivity index (χ3n) is 7.10. The lowest BCUT2D eigenvalue weighted by molar-refractivity contribution is 0.260. The van der Waals surface area contributed by atoms with Crippen molar-refractivity contribution in [3.05, 3.63) is 113 Å². The molecule has 1 fully saturated rings. The van der Waals surface area contributed by atoms with E-state index >= 15 is 0 Å². The fourth-order valence-electron chi connectivity index (χ4n) is 4.90. The highest BCUT2D eigenvalue weighted by Crippen LogP contribution is 2.38. The van der Waals surface area contributed by atoms with Crippen molar-refractivity contribution in [2.24, 2.45) is 0 Å². The van der Waals surface area contributed by atoms with E-state index < -0.39 is 6.02 Å². The molecular formula is C31H30ClN7. The molecule has 1 aliphatic heterocycles. The SMILES string of the molecule is [2H]C(Nc1cc(Cl)c2ncc(C#N)c(N[C@H](CC)c3ccccc3)c2c1)(C1=CN(C2CC2)NN1)c1ccccc1. The van der Waals surface area contributed by atoms with Crippen molar-refractivity contribution in [3.8, 4) is 6.07 Å². The summed E-state index contributed by atoms with van der Waals surface area (Å²) in [5.74, 6) is 0. The van der Waals surface area contributed by atoms with Gasteiger partial charge in [-0.1, -0.05) is 79.2 Å². The third kappa shape index (κ3) is 5.22. The maximum absolute atomic E-state index is 9.99. The van der Waals surface area contributed by atoms with Crippen molar-refractivity contribution in [3.63, 3.8) is 0 Å². The van der Waals surface area contributed by atoms with Crippen LogP contribution >= 0.6 is 11.6 Å². The van der Waals surface area contributed by atoms with Crippen molar-refractivity contribution in [1.29, 1.82) is 5.26 Å². The van der Waals surface area contributed by atoms with Gasteiger partial charge in [-0.2, -0.15) is 5.26 Å². The Hall–Kier alpha value is -4.25. The molecule has 0 bridgehead atoms. The van der Waals surface area contributed by atoms with E-state index in [4.69, 9.17) is 11.6 Å². The normalized spacial score (nSPS) is 17.4. The van der Waals surface area contributed by atoms with Crippen molar-refractivity contribution in [2.75, 3.05) is 10.6 Å². The lowest BCUT2D eigenvalue weighted by atomic mass is 10.0.